The molecule has 0 spiro atoms. The second-order valence-corrected chi connectivity index (χ2v) is 4.89. The van der Waals surface area contributed by atoms with Crippen molar-refractivity contribution in [2.75, 3.05) is 20.3 Å². The molecule has 1 heterocycles. The molecule has 1 aromatic heterocycles. The highest BCUT2D eigenvalue weighted by Gasteiger charge is 2.03. The van der Waals surface area contributed by atoms with E-state index in [1.807, 2.05) is 0 Å². The second-order valence-electron chi connectivity index (χ2n) is 3.04. The van der Waals surface area contributed by atoms with Gasteiger partial charge in [-0.3, -0.25) is 0 Å². The van der Waals surface area contributed by atoms with Gasteiger partial charge in [0.05, 0.1) is 6.61 Å². The minimum Gasteiger partial charge on any atom is -0.383 e. The maximum absolute atomic E-state index is 5.77. The van der Waals surface area contributed by atoms with E-state index in [0.29, 0.717) is 6.61 Å². The molecular weight excluding hydrogens is 264 g/mol. The number of ether oxygens (including phenoxy) is 1. The quantitative estimate of drug-likeness (QED) is 0.831. The summed E-state index contributed by atoms with van der Waals surface area (Å²) in [7, 11) is 1.66. The van der Waals surface area contributed by atoms with E-state index in [9.17, 15) is 0 Å². The fourth-order valence-corrected chi connectivity index (χ4v) is 2.56. The number of hydrogen-bond donors (Lipinski definition) is 2. The van der Waals surface area contributed by atoms with Crippen LogP contribution in [0.25, 0.3) is 0 Å². The average Bonchev–Trinajstić information content (AvgIpc) is 2.52. The fourth-order valence-electron chi connectivity index (χ4n) is 1.10. The van der Waals surface area contributed by atoms with E-state index in [2.05, 4.69) is 32.7 Å². The Hall–Kier alpha value is 0.0600. The lowest BCUT2D eigenvalue weighted by atomic mass is 10.3. The van der Waals surface area contributed by atoms with Crippen LogP contribution in [-0.2, 0) is 11.3 Å². The third kappa shape index (κ3) is 4.06. The van der Waals surface area contributed by atoms with Gasteiger partial charge in [-0.2, -0.15) is 0 Å². The number of rotatable bonds is 6. The zero-order chi connectivity index (χ0) is 10.4. The molecule has 1 atom stereocenters. The Morgan fingerprint density at radius 2 is 2.50 bits per heavy atom. The molecule has 0 fully saturated rings. The molecule has 3 nitrogen and oxygen atoms in total. The van der Waals surface area contributed by atoms with Crippen LogP contribution in [0.4, 0.5) is 0 Å². The van der Waals surface area contributed by atoms with E-state index >= 15 is 0 Å². The van der Waals surface area contributed by atoms with Crippen molar-refractivity contribution in [2.45, 2.75) is 12.6 Å². The van der Waals surface area contributed by atoms with Crippen LogP contribution in [0.15, 0.2) is 15.9 Å². The predicted molar refractivity (Wildman–Crippen MR) is 63.6 cm³/mol. The van der Waals surface area contributed by atoms with Gasteiger partial charge >= 0.3 is 0 Å². The van der Waals surface area contributed by atoms with Crippen LogP contribution in [0.3, 0.4) is 0 Å². The normalized spacial score (nSPS) is 13.1. The molecule has 0 aliphatic rings. The Kier molecular flexibility index (Phi) is 5.66. The maximum Gasteiger partial charge on any atom is 0.0626 e. The van der Waals surface area contributed by atoms with Crippen LogP contribution >= 0.6 is 27.3 Å². The second kappa shape index (κ2) is 6.53. The van der Waals surface area contributed by atoms with Crippen molar-refractivity contribution in [1.29, 1.82) is 0 Å². The molecule has 0 saturated heterocycles. The number of hydrogen-bond acceptors (Lipinski definition) is 4. The van der Waals surface area contributed by atoms with Crippen LogP contribution in [-0.4, -0.2) is 26.3 Å². The fraction of sp³-hybridized carbons (Fsp3) is 0.556. The third-order valence-corrected chi connectivity index (χ3v) is 3.69. The highest BCUT2D eigenvalue weighted by Crippen LogP contribution is 2.21. The molecular formula is C9H15BrN2OS. The topological polar surface area (TPSA) is 47.3 Å². The summed E-state index contributed by atoms with van der Waals surface area (Å²) in [5.74, 6) is 0. The summed E-state index contributed by atoms with van der Waals surface area (Å²) >= 11 is 5.21. The van der Waals surface area contributed by atoms with Crippen molar-refractivity contribution in [3.8, 4) is 0 Å². The Morgan fingerprint density at radius 1 is 1.71 bits per heavy atom. The lowest BCUT2D eigenvalue weighted by Gasteiger charge is -2.10. The molecule has 80 valence electrons. The van der Waals surface area contributed by atoms with Gasteiger partial charge in [0.25, 0.3) is 0 Å². The number of thiophene rings is 1. The Balaban J connectivity index is 2.19. The Labute approximate surface area is 96.8 Å². The lowest BCUT2D eigenvalue weighted by Crippen LogP contribution is -2.36. The first kappa shape index (κ1) is 12.1. The first-order valence-electron chi connectivity index (χ1n) is 4.41. The highest BCUT2D eigenvalue weighted by atomic mass is 79.9. The van der Waals surface area contributed by atoms with Crippen LogP contribution < -0.4 is 11.1 Å². The molecule has 3 N–H and O–H groups in total. The molecule has 0 radical (unpaired) electrons. The average molecular weight is 279 g/mol. The molecule has 1 aromatic rings. The van der Waals surface area contributed by atoms with Crippen molar-refractivity contribution < 1.29 is 4.74 Å². The van der Waals surface area contributed by atoms with E-state index in [1.165, 1.54) is 4.88 Å². The van der Waals surface area contributed by atoms with Crippen molar-refractivity contribution in [3.05, 3.63) is 20.8 Å². The largest absolute Gasteiger partial charge is 0.383 e. The van der Waals surface area contributed by atoms with E-state index < -0.39 is 0 Å². The summed E-state index contributed by atoms with van der Waals surface area (Å²) in [4.78, 5) is 1.30. The van der Waals surface area contributed by atoms with Gasteiger partial charge in [-0.15, -0.1) is 11.3 Å². The molecule has 0 aliphatic heterocycles. The first-order valence-corrected chi connectivity index (χ1v) is 6.08. The van der Waals surface area contributed by atoms with Gasteiger partial charge in [-0.25, -0.2) is 0 Å². The number of halogens is 1. The summed E-state index contributed by atoms with van der Waals surface area (Å²) in [5, 5.41) is 5.35. The van der Waals surface area contributed by atoms with Gasteiger partial charge in [0.1, 0.15) is 0 Å². The number of methoxy groups -OCH3 is 1. The van der Waals surface area contributed by atoms with Gasteiger partial charge in [0.15, 0.2) is 0 Å². The van der Waals surface area contributed by atoms with Gasteiger partial charge < -0.3 is 15.8 Å². The number of nitrogens with two attached hydrogens (primary N) is 1. The first-order chi connectivity index (χ1) is 6.74. The van der Waals surface area contributed by atoms with Gasteiger partial charge in [0, 0.05) is 35.6 Å². The van der Waals surface area contributed by atoms with Crippen LogP contribution in [0.2, 0.25) is 0 Å². The van der Waals surface area contributed by atoms with Crippen LogP contribution in [0, 0.1) is 0 Å². The van der Waals surface area contributed by atoms with Gasteiger partial charge in [-0.05, 0) is 27.4 Å². The molecule has 1 rings (SSSR count). The van der Waals surface area contributed by atoms with Crippen molar-refractivity contribution in [3.63, 3.8) is 0 Å². The third-order valence-electron chi connectivity index (χ3n) is 1.76. The maximum atomic E-state index is 5.77. The predicted octanol–water partition coefficient (Wildman–Crippen LogP) is 1.57. The van der Waals surface area contributed by atoms with E-state index in [1.54, 1.807) is 18.4 Å². The molecule has 0 bridgehead atoms. The molecule has 1 unspecified atom stereocenters. The van der Waals surface area contributed by atoms with Crippen molar-refractivity contribution in [1.82, 2.24) is 5.32 Å². The Bertz CT molecular complexity index is 267. The van der Waals surface area contributed by atoms with Crippen LogP contribution in [0.5, 0.6) is 0 Å². The number of nitrogens with one attached hydrogen (secondary N) is 1. The minimum atomic E-state index is 0.0683. The van der Waals surface area contributed by atoms with Crippen molar-refractivity contribution in [2.24, 2.45) is 5.73 Å². The monoisotopic (exact) mass is 278 g/mol. The molecule has 0 aliphatic carbocycles. The zero-order valence-electron chi connectivity index (χ0n) is 8.13. The smallest absolute Gasteiger partial charge is 0.0626 e. The van der Waals surface area contributed by atoms with Gasteiger partial charge in [-0.1, -0.05) is 0 Å². The molecule has 0 aromatic carbocycles. The summed E-state index contributed by atoms with van der Waals surface area (Å²) < 4.78 is 6.11. The summed E-state index contributed by atoms with van der Waals surface area (Å²) in [6.07, 6.45) is 0. The molecule has 14 heavy (non-hydrogen) atoms. The standard InChI is InChI=1S/C9H15BrN2OS/c1-13-6-7(11)4-12-5-9-8(10)2-3-14-9/h2-3,7,12H,4-6,11H2,1H3. The summed E-state index contributed by atoms with van der Waals surface area (Å²) in [5.41, 5.74) is 5.77. The lowest BCUT2D eigenvalue weighted by molar-refractivity contribution is 0.179. The highest BCUT2D eigenvalue weighted by molar-refractivity contribution is 9.10. The SMILES string of the molecule is COCC(N)CNCc1sccc1Br. The van der Waals surface area contributed by atoms with Gasteiger partial charge in [0.2, 0.25) is 0 Å². The van der Waals surface area contributed by atoms with E-state index in [-0.39, 0.29) is 6.04 Å². The summed E-state index contributed by atoms with van der Waals surface area (Å²) in [6, 6.07) is 2.12. The van der Waals surface area contributed by atoms with E-state index in [0.717, 1.165) is 17.6 Å². The Morgan fingerprint density at radius 3 is 3.07 bits per heavy atom. The molecule has 5 heteroatoms. The van der Waals surface area contributed by atoms with E-state index in [4.69, 9.17) is 10.5 Å². The zero-order valence-corrected chi connectivity index (χ0v) is 10.5. The van der Waals surface area contributed by atoms with Crippen molar-refractivity contribution >= 4 is 27.3 Å². The molecule has 0 saturated carbocycles. The van der Waals surface area contributed by atoms with Crippen LogP contribution in [0.1, 0.15) is 4.88 Å². The summed E-state index contributed by atoms with van der Waals surface area (Å²) in [6.45, 7) is 2.23. The minimum absolute atomic E-state index is 0.0683. The molecule has 0 amide bonds.